The summed E-state index contributed by atoms with van der Waals surface area (Å²) >= 11 is 0. The zero-order valence-corrected chi connectivity index (χ0v) is 13.7. The lowest BCUT2D eigenvalue weighted by Gasteiger charge is -2.07. The maximum atomic E-state index is 11.7. The van der Waals surface area contributed by atoms with Crippen molar-refractivity contribution in [2.24, 2.45) is 5.73 Å². The highest BCUT2D eigenvalue weighted by molar-refractivity contribution is 5.94. The Morgan fingerprint density at radius 3 is 2.23 bits per heavy atom. The number of amides is 2. The fourth-order valence-corrected chi connectivity index (χ4v) is 1.94. The number of rotatable bonds is 10. The third-order valence-electron chi connectivity index (χ3n) is 3.13. The molecule has 0 aliphatic rings. The Balaban J connectivity index is 0.00000441. The van der Waals surface area contributed by atoms with Crippen LogP contribution in [0.25, 0.3) is 0 Å². The number of hydrogen-bond donors (Lipinski definition) is 3. The second-order valence-electron chi connectivity index (χ2n) is 4.92. The van der Waals surface area contributed by atoms with Gasteiger partial charge in [-0.05, 0) is 31.5 Å². The summed E-state index contributed by atoms with van der Waals surface area (Å²) in [5.74, 6) is -0.0802. The van der Waals surface area contributed by atoms with E-state index < -0.39 is 0 Å². The summed E-state index contributed by atoms with van der Waals surface area (Å²) in [7, 11) is 0. The van der Waals surface area contributed by atoms with Gasteiger partial charge in [0.05, 0.1) is 0 Å². The van der Waals surface area contributed by atoms with Gasteiger partial charge in [-0.2, -0.15) is 0 Å². The predicted molar refractivity (Wildman–Crippen MR) is 91.2 cm³/mol. The Hall–Kier alpha value is -1.59. The number of carbonyl (C=O) groups excluding carboxylic acids is 2. The van der Waals surface area contributed by atoms with E-state index in [4.69, 9.17) is 5.73 Å². The Morgan fingerprint density at radius 1 is 0.909 bits per heavy atom. The van der Waals surface area contributed by atoms with Gasteiger partial charge in [0.15, 0.2) is 0 Å². The van der Waals surface area contributed by atoms with Crippen molar-refractivity contribution in [3.8, 4) is 0 Å². The summed E-state index contributed by atoms with van der Waals surface area (Å²) in [6.45, 7) is 1.61. The SMILES string of the molecule is Cl.NCCCCCCC(=O)NCCNC(=O)c1ccccc1. The van der Waals surface area contributed by atoms with Crippen molar-refractivity contribution in [3.05, 3.63) is 35.9 Å². The lowest BCUT2D eigenvalue weighted by atomic mass is 10.1. The van der Waals surface area contributed by atoms with E-state index >= 15 is 0 Å². The number of halogens is 1. The molecule has 1 rings (SSSR count). The van der Waals surface area contributed by atoms with Crippen molar-refractivity contribution in [1.82, 2.24) is 10.6 Å². The van der Waals surface area contributed by atoms with Crippen LogP contribution in [0.3, 0.4) is 0 Å². The number of nitrogens with two attached hydrogens (primary N) is 1. The van der Waals surface area contributed by atoms with Crippen molar-refractivity contribution in [2.75, 3.05) is 19.6 Å². The van der Waals surface area contributed by atoms with Gasteiger partial charge >= 0.3 is 0 Å². The molecule has 0 saturated carbocycles. The quantitative estimate of drug-likeness (QED) is 0.573. The number of unbranched alkanes of at least 4 members (excludes halogenated alkanes) is 3. The van der Waals surface area contributed by atoms with Gasteiger partial charge in [0.2, 0.25) is 5.91 Å². The smallest absolute Gasteiger partial charge is 0.251 e. The second-order valence-corrected chi connectivity index (χ2v) is 4.92. The minimum absolute atomic E-state index is 0. The normalized spacial score (nSPS) is 9.68. The highest BCUT2D eigenvalue weighted by Crippen LogP contribution is 2.01. The molecule has 0 heterocycles. The first-order chi connectivity index (χ1) is 10.2. The molecular formula is C16H26ClN3O2. The number of hydrogen-bond acceptors (Lipinski definition) is 3. The number of benzene rings is 1. The van der Waals surface area contributed by atoms with E-state index in [2.05, 4.69) is 10.6 Å². The highest BCUT2D eigenvalue weighted by atomic mass is 35.5. The average molecular weight is 328 g/mol. The molecule has 2 amide bonds. The van der Waals surface area contributed by atoms with Crippen LogP contribution in [0.2, 0.25) is 0 Å². The zero-order chi connectivity index (χ0) is 15.3. The van der Waals surface area contributed by atoms with E-state index in [0.29, 0.717) is 31.6 Å². The minimum Gasteiger partial charge on any atom is -0.354 e. The van der Waals surface area contributed by atoms with Crippen LogP contribution in [0.1, 0.15) is 42.5 Å². The maximum Gasteiger partial charge on any atom is 0.251 e. The largest absolute Gasteiger partial charge is 0.354 e. The molecule has 0 spiro atoms. The highest BCUT2D eigenvalue weighted by Gasteiger charge is 2.04. The summed E-state index contributed by atoms with van der Waals surface area (Å²) in [5.41, 5.74) is 6.03. The van der Waals surface area contributed by atoms with Crippen molar-refractivity contribution in [3.63, 3.8) is 0 Å². The number of carbonyl (C=O) groups is 2. The average Bonchev–Trinajstić information content (AvgIpc) is 2.52. The van der Waals surface area contributed by atoms with Gasteiger partial charge in [-0.3, -0.25) is 9.59 Å². The first kappa shape index (κ1) is 20.4. The molecule has 0 unspecified atom stereocenters. The predicted octanol–water partition coefficient (Wildman–Crippen LogP) is 1.86. The molecule has 0 aliphatic carbocycles. The zero-order valence-electron chi connectivity index (χ0n) is 12.8. The third kappa shape index (κ3) is 9.37. The Bertz CT molecular complexity index is 427. The fraction of sp³-hybridized carbons (Fsp3) is 0.500. The molecular weight excluding hydrogens is 302 g/mol. The summed E-state index contributed by atoms with van der Waals surface area (Å²) in [4.78, 5) is 23.3. The molecule has 0 radical (unpaired) electrons. The van der Waals surface area contributed by atoms with E-state index in [1.165, 1.54) is 0 Å². The van der Waals surface area contributed by atoms with Gasteiger partial charge < -0.3 is 16.4 Å². The molecule has 1 aromatic carbocycles. The number of nitrogens with one attached hydrogen (secondary N) is 2. The van der Waals surface area contributed by atoms with E-state index in [1.807, 2.05) is 18.2 Å². The van der Waals surface area contributed by atoms with Gasteiger partial charge in [0, 0.05) is 25.1 Å². The standard InChI is InChI=1S/C16H25N3O2.ClH/c17-11-7-2-1-6-10-15(20)18-12-13-19-16(21)14-8-4-3-5-9-14;/h3-5,8-9H,1-2,6-7,10-13,17H2,(H,18,20)(H,19,21);1H. The molecule has 22 heavy (non-hydrogen) atoms. The molecule has 4 N–H and O–H groups in total. The van der Waals surface area contributed by atoms with Crippen LogP contribution in [0.5, 0.6) is 0 Å². The fourth-order valence-electron chi connectivity index (χ4n) is 1.94. The molecule has 5 nitrogen and oxygen atoms in total. The summed E-state index contributed by atoms with van der Waals surface area (Å²) in [5, 5.41) is 5.57. The summed E-state index contributed by atoms with van der Waals surface area (Å²) < 4.78 is 0. The molecule has 124 valence electrons. The van der Waals surface area contributed by atoms with Crippen molar-refractivity contribution in [2.45, 2.75) is 32.1 Å². The second kappa shape index (κ2) is 13.1. The van der Waals surface area contributed by atoms with Crippen molar-refractivity contribution >= 4 is 24.2 Å². The van der Waals surface area contributed by atoms with E-state index in [1.54, 1.807) is 12.1 Å². The van der Waals surface area contributed by atoms with Crippen LogP contribution < -0.4 is 16.4 Å². The molecule has 0 saturated heterocycles. The molecule has 0 fully saturated rings. The van der Waals surface area contributed by atoms with Crippen LogP contribution in [-0.2, 0) is 4.79 Å². The van der Waals surface area contributed by atoms with Gasteiger partial charge in [0.1, 0.15) is 0 Å². The van der Waals surface area contributed by atoms with Gasteiger partial charge in [0.25, 0.3) is 5.91 Å². The van der Waals surface area contributed by atoms with Gasteiger partial charge in [-0.25, -0.2) is 0 Å². The van der Waals surface area contributed by atoms with Crippen LogP contribution in [0.4, 0.5) is 0 Å². The van der Waals surface area contributed by atoms with E-state index in [0.717, 1.165) is 25.7 Å². The van der Waals surface area contributed by atoms with Crippen LogP contribution in [-0.4, -0.2) is 31.4 Å². The molecule has 0 bridgehead atoms. The molecule has 1 aromatic rings. The van der Waals surface area contributed by atoms with Crippen LogP contribution >= 0.6 is 12.4 Å². The lowest BCUT2D eigenvalue weighted by Crippen LogP contribution is -2.34. The van der Waals surface area contributed by atoms with Crippen LogP contribution in [0.15, 0.2) is 30.3 Å². The molecule has 0 atom stereocenters. The molecule has 6 heteroatoms. The molecule has 0 aromatic heterocycles. The third-order valence-corrected chi connectivity index (χ3v) is 3.13. The maximum absolute atomic E-state index is 11.7. The van der Waals surface area contributed by atoms with E-state index in [9.17, 15) is 9.59 Å². The first-order valence-electron chi connectivity index (χ1n) is 7.54. The van der Waals surface area contributed by atoms with Gasteiger partial charge in [-0.1, -0.05) is 31.0 Å². The minimum atomic E-state index is -0.119. The summed E-state index contributed by atoms with van der Waals surface area (Å²) in [6.07, 6.45) is 4.57. The monoisotopic (exact) mass is 327 g/mol. The van der Waals surface area contributed by atoms with E-state index in [-0.39, 0.29) is 24.2 Å². The first-order valence-corrected chi connectivity index (χ1v) is 7.54. The molecule has 0 aliphatic heterocycles. The lowest BCUT2D eigenvalue weighted by molar-refractivity contribution is -0.121. The summed E-state index contributed by atoms with van der Waals surface area (Å²) in [6, 6.07) is 9.03. The Morgan fingerprint density at radius 2 is 1.55 bits per heavy atom. The Kier molecular flexibility index (Phi) is 12.2. The van der Waals surface area contributed by atoms with Crippen molar-refractivity contribution < 1.29 is 9.59 Å². The van der Waals surface area contributed by atoms with Crippen LogP contribution in [0, 0.1) is 0 Å². The topological polar surface area (TPSA) is 84.2 Å². The van der Waals surface area contributed by atoms with Gasteiger partial charge in [-0.15, -0.1) is 12.4 Å². The Labute approximate surface area is 138 Å². The van der Waals surface area contributed by atoms with Crippen molar-refractivity contribution in [1.29, 1.82) is 0 Å².